The first-order valence-electron chi connectivity index (χ1n) is 2.95. The highest BCUT2D eigenvalue weighted by molar-refractivity contribution is 4.30. The van der Waals surface area contributed by atoms with Crippen molar-refractivity contribution >= 4 is 0 Å². The minimum atomic E-state index is -0.847. The molecule has 0 aromatic carbocycles. The van der Waals surface area contributed by atoms with Crippen molar-refractivity contribution in [1.82, 2.24) is 0 Å². The molecule has 0 heterocycles. The van der Waals surface area contributed by atoms with Crippen molar-refractivity contribution in [2.45, 2.75) is 26.2 Å². The highest BCUT2D eigenvalue weighted by Crippen LogP contribution is 1.89. The van der Waals surface area contributed by atoms with Gasteiger partial charge in [0.1, 0.15) is 0 Å². The van der Waals surface area contributed by atoms with E-state index >= 15 is 0 Å². The van der Waals surface area contributed by atoms with Crippen LogP contribution in [0.1, 0.15) is 27.6 Å². The average Bonchev–Trinajstić information content (AvgIpc) is 1.61. The Labute approximate surface area is 40.4 Å². The van der Waals surface area contributed by atoms with Gasteiger partial charge in [0.2, 0.25) is 0 Å². The second-order valence-corrected chi connectivity index (χ2v) is 1.32. The van der Waals surface area contributed by atoms with Gasteiger partial charge in [0.25, 0.3) is 0 Å². The number of unbranched alkanes of at least 4 members (excludes halogenated alkanes) is 1. The van der Waals surface area contributed by atoms with Gasteiger partial charge in [-0.05, 0) is 6.42 Å². The van der Waals surface area contributed by atoms with Crippen LogP contribution in [0.25, 0.3) is 0 Å². The summed E-state index contributed by atoms with van der Waals surface area (Å²) in [6.45, 7) is 1.20. The predicted octanol–water partition coefficient (Wildman–Crippen LogP) is 1.17. The molecule has 0 bridgehead atoms. The summed E-state index contributed by atoms with van der Waals surface area (Å²) in [6, 6.07) is 0. The Hall–Kier alpha value is -0.0400. The molecule has 0 amide bonds. The predicted molar refractivity (Wildman–Crippen MR) is 26.6 cm³/mol. The molecule has 1 nitrogen and oxygen atoms in total. The quantitative estimate of drug-likeness (QED) is 0.550. The average molecular weight is 89.2 g/mol. The van der Waals surface area contributed by atoms with E-state index in [1.807, 2.05) is 6.92 Å². The van der Waals surface area contributed by atoms with E-state index in [2.05, 4.69) is 0 Å². The summed E-state index contributed by atoms with van der Waals surface area (Å²) < 4.78 is 6.64. The number of hydrogen-bond donors (Lipinski definition) is 1. The highest BCUT2D eigenvalue weighted by Gasteiger charge is 1.76. The smallest absolute Gasteiger partial charge is 0.0564 e. The fraction of sp³-hybridized carbons (Fsp3) is 1.00. The largest absolute Gasteiger partial charge is 0.396 e. The van der Waals surface area contributed by atoms with Crippen LogP contribution >= 0.6 is 0 Å². The maximum Gasteiger partial charge on any atom is 0.0564 e. The van der Waals surface area contributed by atoms with Gasteiger partial charge in [-0.2, -0.15) is 0 Å². The van der Waals surface area contributed by atoms with Crippen LogP contribution in [0, 0.1) is 0 Å². The maximum atomic E-state index is 8.35. The fourth-order valence-electron chi connectivity index (χ4n) is 0.295. The van der Waals surface area contributed by atoms with Crippen molar-refractivity contribution in [1.29, 1.82) is 0 Å². The molecule has 0 aromatic rings. The van der Waals surface area contributed by atoms with E-state index in [9.17, 15) is 0 Å². The first-order valence-corrected chi connectivity index (χ1v) is 2.37. The Bertz CT molecular complexity index is 37.1. The van der Waals surface area contributed by atoms with Crippen LogP contribution in [0.4, 0.5) is 0 Å². The first-order chi connectivity index (χ1) is 3.27. The zero-order chi connectivity index (χ0) is 5.70. The molecule has 0 aliphatic heterocycles. The molecule has 1 N–H and O–H groups in total. The lowest BCUT2D eigenvalue weighted by Gasteiger charge is -1.85. The van der Waals surface area contributed by atoms with Gasteiger partial charge in [-0.3, -0.25) is 0 Å². The lowest BCUT2D eigenvalue weighted by atomic mass is 10.3. The monoisotopic (exact) mass is 89.1 g/mol. The fourth-order valence-corrected chi connectivity index (χ4v) is 0.295. The van der Waals surface area contributed by atoms with E-state index in [1.165, 1.54) is 0 Å². The third-order valence-electron chi connectivity index (χ3n) is 0.687. The van der Waals surface area contributed by atoms with Crippen LogP contribution < -0.4 is 0 Å². The van der Waals surface area contributed by atoms with Crippen LogP contribution in [0.3, 0.4) is 0 Å². The van der Waals surface area contributed by atoms with Crippen molar-refractivity contribution in [3.8, 4) is 0 Å². The molecule has 0 spiro atoms. The third-order valence-corrected chi connectivity index (χ3v) is 0.687. The van der Waals surface area contributed by atoms with Crippen LogP contribution in [0.15, 0.2) is 0 Å². The van der Waals surface area contributed by atoms with Gasteiger partial charge in [0.05, 0.1) is 1.37 Å². The molecule has 1 atom stereocenters. The standard InChI is InChI=1S/C5H12O/c1-2-3-4-5-6/h6H,2-5H2,1H3/i5D. The topological polar surface area (TPSA) is 20.2 Å². The molecule has 0 rings (SSSR count). The van der Waals surface area contributed by atoms with Gasteiger partial charge in [-0.1, -0.05) is 19.8 Å². The Morgan fingerprint density at radius 3 is 2.50 bits per heavy atom. The molecule has 38 valence electrons. The highest BCUT2D eigenvalue weighted by atomic mass is 16.2. The summed E-state index contributed by atoms with van der Waals surface area (Å²) in [5.41, 5.74) is 0. The minimum absolute atomic E-state index is 0.622. The van der Waals surface area contributed by atoms with E-state index in [0.29, 0.717) is 6.42 Å². The molecule has 0 radical (unpaired) electrons. The van der Waals surface area contributed by atoms with E-state index in [4.69, 9.17) is 6.48 Å². The molecule has 1 unspecified atom stereocenters. The van der Waals surface area contributed by atoms with Crippen molar-refractivity contribution in [3.05, 3.63) is 0 Å². The van der Waals surface area contributed by atoms with Crippen molar-refractivity contribution in [2.24, 2.45) is 0 Å². The van der Waals surface area contributed by atoms with Crippen LogP contribution in [0.2, 0.25) is 0 Å². The molecule has 1 heteroatoms. The second-order valence-electron chi connectivity index (χ2n) is 1.32. The lowest BCUT2D eigenvalue weighted by Crippen LogP contribution is -1.78. The van der Waals surface area contributed by atoms with Crippen LogP contribution in [-0.4, -0.2) is 11.7 Å². The zero-order valence-corrected chi connectivity index (χ0v) is 4.15. The van der Waals surface area contributed by atoms with E-state index in [-0.39, 0.29) is 0 Å². The van der Waals surface area contributed by atoms with Gasteiger partial charge in [0, 0.05) is 6.58 Å². The Balaban J connectivity index is 2.68. The molecular weight excluding hydrogens is 76.1 g/mol. The number of hydrogen-bond acceptors (Lipinski definition) is 1. The van der Waals surface area contributed by atoms with E-state index < -0.39 is 6.58 Å². The third kappa shape index (κ3) is 3.96. The molecule has 0 aliphatic rings. The summed E-state index contributed by atoms with van der Waals surface area (Å²) >= 11 is 0. The van der Waals surface area contributed by atoms with E-state index in [1.54, 1.807) is 0 Å². The van der Waals surface area contributed by atoms with Gasteiger partial charge in [-0.15, -0.1) is 0 Å². The molecule has 0 aromatic heterocycles. The van der Waals surface area contributed by atoms with Crippen molar-refractivity contribution in [3.63, 3.8) is 0 Å². The molecular formula is C5H12O. The van der Waals surface area contributed by atoms with E-state index in [0.717, 1.165) is 12.8 Å². The molecule has 6 heavy (non-hydrogen) atoms. The van der Waals surface area contributed by atoms with Gasteiger partial charge >= 0.3 is 0 Å². The zero-order valence-electron chi connectivity index (χ0n) is 5.15. The summed E-state index contributed by atoms with van der Waals surface area (Å²) in [4.78, 5) is 0. The molecule has 0 saturated heterocycles. The normalized spacial score (nSPS) is 16.7. The molecule has 0 saturated carbocycles. The van der Waals surface area contributed by atoms with Gasteiger partial charge < -0.3 is 5.11 Å². The Morgan fingerprint density at radius 1 is 1.67 bits per heavy atom. The number of aliphatic hydroxyl groups excluding tert-OH is 1. The van der Waals surface area contributed by atoms with Crippen molar-refractivity contribution < 1.29 is 6.48 Å². The second kappa shape index (κ2) is 4.96. The van der Waals surface area contributed by atoms with Crippen molar-refractivity contribution in [2.75, 3.05) is 6.58 Å². The Morgan fingerprint density at radius 2 is 2.33 bits per heavy atom. The Kier molecular flexibility index (Phi) is 3.41. The summed E-state index contributed by atoms with van der Waals surface area (Å²) in [5, 5.41) is 8.35. The molecule has 0 fully saturated rings. The van der Waals surface area contributed by atoms with Crippen LogP contribution in [-0.2, 0) is 0 Å². The summed E-state index contributed by atoms with van der Waals surface area (Å²) in [6.07, 6.45) is 2.65. The summed E-state index contributed by atoms with van der Waals surface area (Å²) in [7, 11) is 0. The van der Waals surface area contributed by atoms with Crippen LogP contribution in [0.5, 0.6) is 0 Å². The minimum Gasteiger partial charge on any atom is -0.396 e. The number of rotatable bonds is 3. The van der Waals surface area contributed by atoms with Gasteiger partial charge in [-0.25, -0.2) is 0 Å². The molecule has 0 aliphatic carbocycles. The summed E-state index contributed by atoms with van der Waals surface area (Å²) in [5.74, 6) is 0. The number of aliphatic hydroxyl groups is 1. The SMILES string of the molecule is [2H]C(O)CCCC. The maximum absolute atomic E-state index is 8.35. The first kappa shape index (κ1) is 4.13. The lowest BCUT2D eigenvalue weighted by molar-refractivity contribution is 0.284. The van der Waals surface area contributed by atoms with Gasteiger partial charge in [0.15, 0.2) is 0 Å².